The minimum atomic E-state index is -0.339. The molecular weight excluding hydrogens is 249 g/mol. The van der Waals surface area contributed by atoms with Crippen molar-refractivity contribution < 1.29 is 8.91 Å². The van der Waals surface area contributed by atoms with Gasteiger partial charge in [0.05, 0.1) is 11.8 Å². The summed E-state index contributed by atoms with van der Waals surface area (Å²) in [6.07, 6.45) is 1.43. The third-order valence-electron chi connectivity index (χ3n) is 2.51. The second-order valence-corrected chi connectivity index (χ2v) is 3.70. The lowest BCUT2D eigenvalue weighted by Crippen LogP contribution is -1.83. The van der Waals surface area contributed by atoms with Crippen LogP contribution in [-0.2, 0) is 0 Å². The van der Waals surface area contributed by atoms with Crippen LogP contribution < -0.4 is 0 Å². The molecular formula is C12H6FN5O. The van der Waals surface area contributed by atoms with Crippen molar-refractivity contribution in [2.45, 2.75) is 0 Å². The Morgan fingerprint density at radius 2 is 2.05 bits per heavy atom. The maximum Gasteiger partial charge on any atom is 0.262 e. The summed E-state index contributed by atoms with van der Waals surface area (Å²) < 4.78 is 17.9. The molecule has 0 aliphatic heterocycles. The number of benzene rings is 1. The van der Waals surface area contributed by atoms with Crippen molar-refractivity contribution in [2.24, 2.45) is 0 Å². The predicted octanol–water partition coefficient (Wildman–Crippen LogP) is 2.14. The van der Waals surface area contributed by atoms with E-state index < -0.39 is 0 Å². The topological polar surface area (TPSA) is 91.4 Å². The number of nitrogens with one attached hydrogen (secondary N) is 1. The SMILES string of the molecule is N#Cc1[nH]ncc1-c1nc(-c2ccc(F)cc2)no1. The molecule has 0 atom stereocenters. The Kier molecular flexibility index (Phi) is 2.54. The van der Waals surface area contributed by atoms with Crippen LogP contribution in [0.3, 0.4) is 0 Å². The predicted molar refractivity (Wildman–Crippen MR) is 62.0 cm³/mol. The van der Waals surface area contributed by atoms with Crippen LogP contribution in [0.4, 0.5) is 4.39 Å². The monoisotopic (exact) mass is 255 g/mol. The second kappa shape index (κ2) is 4.34. The molecule has 3 aromatic rings. The molecule has 1 N–H and O–H groups in total. The summed E-state index contributed by atoms with van der Waals surface area (Å²) in [7, 11) is 0. The quantitative estimate of drug-likeness (QED) is 0.757. The first-order chi connectivity index (χ1) is 9.28. The highest BCUT2D eigenvalue weighted by atomic mass is 19.1. The van der Waals surface area contributed by atoms with Gasteiger partial charge in [-0.25, -0.2) is 4.39 Å². The van der Waals surface area contributed by atoms with Crippen LogP contribution >= 0.6 is 0 Å². The van der Waals surface area contributed by atoms with Crippen LogP contribution in [0.5, 0.6) is 0 Å². The Morgan fingerprint density at radius 3 is 2.79 bits per heavy atom. The van der Waals surface area contributed by atoms with Gasteiger partial charge < -0.3 is 4.52 Å². The highest BCUT2D eigenvalue weighted by Crippen LogP contribution is 2.23. The first-order valence-corrected chi connectivity index (χ1v) is 5.31. The maximum absolute atomic E-state index is 12.8. The van der Waals surface area contributed by atoms with Gasteiger partial charge in [0, 0.05) is 5.56 Å². The fourth-order valence-electron chi connectivity index (χ4n) is 1.58. The molecule has 0 radical (unpaired) electrons. The number of hydrogen-bond donors (Lipinski definition) is 1. The summed E-state index contributed by atoms with van der Waals surface area (Å²) >= 11 is 0. The molecule has 0 spiro atoms. The molecule has 0 bridgehead atoms. The molecule has 7 heteroatoms. The summed E-state index contributed by atoms with van der Waals surface area (Å²) in [5.74, 6) is 0.166. The van der Waals surface area contributed by atoms with Gasteiger partial charge in [-0.3, -0.25) is 5.10 Å². The Morgan fingerprint density at radius 1 is 1.26 bits per heavy atom. The third kappa shape index (κ3) is 1.95. The molecule has 3 rings (SSSR count). The van der Waals surface area contributed by atoms with E-state index in [4.69, 9.17) is 9.78 Å². The smallest absolute Gasteiger partial charge is 0.262 e. The van der Waals surface area contributed by atoms with E-state index in [0.717, 1.165) is 0 Å². The van der Waals surface area contributed by atoms with Crippen molar-refractivity contribution in [1.29, 1.82) is 5.26 Å². The lowest BCUT2D eigenvalue weighted by molar-refractivity contribution is 0.432. The molecule has 0 unspecified atom stereocenters. The molecule has 92 valence electrons. The minimum Gasteiger partial charge on any atom is -0.333 e. The van der Waals surface area contributed by atoms with Crippen LogP contribution in [0.15, 0.2) is 35.0 Å². The van der Waals surface area contributed by atoms with E-state index >= 15 is 0 Å². The Hall–Kier alpha value is -3.01. The zero-order valence-electron chi connectivity index (χ0n) is 9.46. The van der Waals surface area contributed by atoms with Crippen molar-refractivity contribution in [3.63, 3.8) is 0 Å². The summed E-state index contributed by atoms with van der Waals surface area (Å²) in [4.78, 5) is 4.15. The number of halogens is 1. The summed E-state index contributed by atoms with van der Waals surface area (Å²) in [5, 5.41) is 18.9. The molecule has 19 heavy (non-hydrogen) atoms. The fraction of sp³-hybridized carbons (Fsp3) is 0. The molecule has 1 aromatic carbocycles. The van der Waals surface area contributed by atoms with Gasteiger partial charge in [-0.15, -0.1) is 0 Å². The lowest BCUT2D eigenvalue weighted by atomic mass is 10.2. The molecule has 0 saturated heterocycles. The lowest BCUT2D eigenvalue weighted by Gasteiger charge is -1.92. The molecule has 0 fully saturated rings. The van der Waals surface area contributed by atoms with E-state index in [1.807, 2.05) is 6.07 Å². The maximum atomic E-state index is 12.8. The first kappa shape index (κ1) is 11.1. The molecule has 0 saturated carbocycles. The zero-order chi connectivity index (χ0) is 13.2. The van der Waals surface area contributed by atoms with Gasteiger partial charge in [0.2, 0.25) is 5.82 Å². The standard InChI is InChI=1S/C12H6FN5O/c13-8-3-1-7(2-4-8)11-16-12(19-18-11)9-6-15-17-10(9)5-14/h1-4,6H,(H,15,17). The highest BCUT2D eigenvalue weighted by molar-refractivity contribution is 5.62. The average Bonchev–Trinajstić information content (AvgIpc) is 3.07. The average molecular weight is 255 g/mol. The minimum absolute atomic E-state index is 0.185. The number of nitrogens with zero attached hydrogens (tertiary/aromatic N) is 4. The van der Waals surface area contributed by atoms with E-state index in [0.29, 0.717) is 17.0 Å². The van der Waals surface area contributed by atoms with Gasteiger partial charge in [-0.1, -0.05) is 5.16 Å². The fourth-order valence-corrected chi connectivity index (χ4v) is 1.58. The van der Waals surface area contributed by atoms with Gasteiger partial charge in [0.15, 0.2) is 0 Å². The van der Waals surface area contributed by atoms with Gasteiger partial charge in [0.25, 0.3) is 5.89 Å². The largest absolute Gasteiger partial charge is 0.333 e. The summed E-state index contributed by atoms with van der Waals surface area (Å²) in [5.41, 5.74) is 1.30. The Labute approximate surface area is 106 Å². The third-order valence-corrected chi connectivity index (χ3v) is 2.51. The van der Waals surface area contributed by atoms with Crippen molar-refractivity contribution in [3.05, 3.63) is 42.0 Å². The molecule has 2 heterocycles. The van der Waals surface area contributed by atoms with Gasteiger partial charge in [-0.2, -0.15) is 15.3 Å². The van der Waals surface area contributed by atoms with Crippen LogP contribution in [0.2, 0.25) is 0 Å². The molecule has 0 aliphatic carbocycles. The van der Waals surface area contributed by atoms with Crippen molar-refractivity contribution in [1.82, 2.24) is 20.3 Å². The van der Waals surface area contributed by atoms with E-state index in [-0.39, 0.29) is 17.4 Å². The Bertz CT molecular complexity index is 753. The number of rotatable bonds is 2. The van der Waals surface area contributed by atoms with E-state index in [2.05, 4.69) is 20.3 Å². The van der Waals surface area contributed by atoms with Gasteiger partial charge in [-0.05, 0) is 24.3 Å². The normalized spacial score (nSPS) is 10.3. The van der Waals surface area contributed by atoms with Crippen LogP contribution in [-0.4, -0.2) is 20.3 Å². The number of nitriles is 1. The molecule has 6 nitrogen and oxygen atoms in total. The number of H-pyrrole nitrogens is 1. The van der Waals surface area contributed by atoms with E-state index in [1.54, 1.807) is 12.1 Å². The summed E-state index contributed by atoms with van der Waals surface area (Å²) in [6, 6.07) is 7.65. The van der Waals surface area contributed by atoms with Crippen molar-refractivity contribution in [3.8, 4) is 28.9 Å². The zero-order valence-corrected chi connectivity index (χ0v) is 9.46. The highest BCUT2D eigenvalue weighted by Gasteiger charge is 2.15. The second-order valence-electron chi connectivity index (χ2n) is 3.70. The van der Waals surface area contributed by atoms with Crippen LogP contribution in [0.25, 0.3) is 22.8 Å². The van der Waals surface area contributed by atoms with Crippen LogP contribution in [0, 0.1) is 17.1 Å². The molecule has 0 aliphatic rings. The van der Waals surface area contributed by atoms with Gasteiger partial charge >= 0.3 is 0 Å². The van der Waals surface area contributed by atoms with Crippen molar-refractivity contribution in [2.75, 3.05) is 0 Å². The number of hydrogen-bond acceptors (Lipinski definition) is 5. The number of aromatic nitrogens is 4. The Balaban J connectivity index is 2.00. The first-order valence-electron chi connectivity index (χ1n) is 5.31. The van der Waals surface area contributed by atoms with Crippen molar-refractivity contribution >= 4 is 0 Å². The molecule has 2 aromatic heterocycles. The van der Waals surface area contributed by atoms with E-state index in [9.17, 15) is 4.39 Å². The summed E-state index contributed by atoms with van der Waals surface area (Å²) in [6.45, 7) is 0. The van der Waals surface area contributed by atoms with Crippen LogP contribution in [0.1, 0.15) is 5.69 Å². The number of aromatic amines is 1. The molecule has 0 amide bonds. The van der Waals surface area contributed by atoms with E-state index in [1.165, 1.54) is 18.3 Å². The van der Waals surface area contributed by atoms with Gasteiger partial charge in [0.1, 0.15) is 17.6 Å².